The molecule has 1 aliphatic carbocycles. The molecule has 188 valence electrons. The molecule has 0 aliphatic heterocycles. The lowest BCUT2D eigenvalue weighted by Gasteiger charge is -2.30. The van der Waals surface area contributed by atoms with Crippen LogP contribution in [0.25, 0.3) is 22.2 Å². The minimum Gasteiger partial charge on any atom is -0.473 e. The van der Waals surface area contributed by atoms with Crippen molar-refractivity contribution >= 4 is 34.1 Å². The predicted octanol–water partition coefficient (Wildman–Crippen LogP) is 7.29. The molecular formula is C29H26Cl2N4O2. The number of hydrogen-bond donors (Lipinski definition) is 2. The van der Waals surface area contributed by atoms with Gasteiger partial charge < -0.3 is 19.4 Å². The molecule has 0 amide bonds. The number of aliphatic hydroxyl groups excluding tert-OH is 1. The van der Waals surface area contributed by atoms with Gasteiger partial charge in [0.15, 0.2) is 0 Å². The summed E-state index contributed by atoms with van der Waals surface area (Å²) in [6, 6.07) is 15.6. The van der Waals surface area contributed by atoms with Crippen LogP contribution in [0, 0.1) is 0 Å². The van der Waals surface area contributed by atoms with Crippen LogP contribution in [-0.2, 0) is 13.0 Å². The second-order valence-electron chi connectivity index (χ2n) is 9.44. The number of imidazole rings is 1. The first-order valence-electron chi connectivity index (χ1n) is 12.4. The summed E-state index contributed by atoms with van der Waals surface area (Å²) in [7, 11) is 0. The standard InChI is InChI=1S/C29H26Cl2N4O2/c1-17(36)28-29(35(16-34-28)25-9-5-8-19-22(30)10-11-23(31)27(19)25)21-13-32-24-14-33-26(12-20(21)24)37-15-18-6-3-2-4-7-18/h2-4,6-7,10-14,16-17,25,32,36H,5,8-9,15H2,1H3. The van der Waals surface area contributed by atoms with E-state index >= 15 is 0 Å². The first-order chi connectivity index (χ1) is 18.0. The summed E-state index contributed by atoms with van der Waals surface area (Å²) in [4.78, 5) is 12.5. The van der Waals surface area contributed by atoms with Crippen LogP contribution in [0.1, 0.15) is 54.3 Å². The molecule has 0 bridgehead atoms. The molecule has 2 atom stereocenters. The van der Waals surface area contributed by atoms with Crippen molar-refractivity contribution in [1.29, 1.82) is 0 Å². The Morgan fingerprint density at radius 2 is 1.95 bits per heavy atom. The average molecular weight is 533 g/mol. The smallest absolute Gasteiger partial charge is 0.214 e. The molecule has 8 heteroatoms. The number of benzene rings is 2. The Balaban J connectivity index is 1.46. The second kappa shape index (κ2) is 9.86. The maximum absolute atomic E-state index is 10.7. The zero-order chi connectivity index (χ0) is 25.5. The van der Waals surface area contributed by atoms with E-state index in [0.29, 0.717) is 23.2 Å². The van der Waals surface area contributed by atoms with Gasteiger partial charge in [-0.1, -0.05) is 53.5 Å². The zero-order valence-electron chi connectivity index (χ0n) is 20.3. The normalized spacial score (nSPS) is 16.1. The van der Waals surface area contributed by atoms with Crippen molar-refractivity contribution < 1.29 is 9.84 Å². The molecule has 2 unspecified atom stereocenters. The van der Waals surface area contributed by atoms with Gasteiger partial charge in [-0.05, 0) is 55.0 Å². The average Bonchev–Trinajstić information content (AvgIpc) is 3.54. The molecule has 0 radical (unpaired) electrons. The van der Waals surface area contributed by atoms with E-state index in [-0.39, 0.29) is 6.04 Å². The summed E-state index contributed by atoms with van der Waals surface area (Å²) < 4.78 is 8.15. The lowest BCUT2D eigenvalue weighted by Crippen LogP contribution is -2.18. The summed E-state index contributed by atoms with van der Waals surface area (Å²) in [6.45, 7) is 2.16. The maximum Gasteiger partial charge on any atom is 0.214 e. The van der Waals surface area contributed by atoms with Gasteiger partial charge in [0.1, 0.15) is 6.61 Å². The zero-order valence-corrected chi connectivity index (χ0v) is 21.8. The molecule has 6 nitrogen and oxygen atoms in total. The Labute approximate surface area is 224 Å². The van der Waals surface area contributed by atoms with E-state index in [9.17, 15) is 5.11 Å². The Hall–Kier alpha value is -3.32. The van der Waals surface area contributed by atoms with Crippen molar-refractivity contribution in [3.8, 4) is 17.1 Å². The van der Waals surface area contributed by atoms with Crippen molar-refractivity contribution in [2.75, 3.05) is 0 Å². The van der Waals surface area contributed by atoms with Crippen LogP contribution in [-0.4, -0.2) is 24.6 Å². The number of ether oxygens (including phenoxy) is 1. The van der Waals surface area contributed by atoms with Gasteiger partial charge in [-0.25, -0.2) is 9.97 Å². The number of halogens is 2. The number of nitrogens with one attached hydrogen (secondary N) is 1. The summed E-state index contributed by atoms with van der Waals surface area (Å²) in [5, 5.41) is 13.0. The summed E-state index contributed by atoms with van der Waals surface area (Å²) in [5.41, 5.74) is 6.43. The van der Waals surface area contributed by atoms with Crippen molar-refractivity contribution in [2.24, 2.45) is 0 Å². The first-order valence-corrected chi connectivity index (χ1v) is 13.1. The van der Waals surface area contributed by atoms with E-state index in [2.05, 4.69) is 19.5 Å². The number of fused-ring (bicyclic) bond motifs is 2. The summed E-state index contributed by atoms with van der Waals surface area (Å²) >= 11 is 13.3. The Bertz CT molecular complexity index is 1580. The van der Waals surface area contributed by atoms with E-state index in [1.165, 1.54) is 0 Å². The van der Waals surface area contributed by atoms with E-state index in [0.717, 1.165) is 63.1 Å². The van der Waals surface area contributed by atoms with Gasteiger partial charge in [-0.15, -0.1) is 0 Å². The van der Waals surface area contributed by atoms with Gasteiger partial charge in [0, 0.05) is 33.3 Å². The Morgan fingerprint density at radius 3 is 2.76 bits per heavy atom. The van der Waals surface area contributed by atoms with E-state index in [4.69, 9.17) is 27.9 Å². The van der Waals surface area contributed by atoms with E-state index in [1.54, 1.807) is 19.4 Å². The number of rotatable bonds is 6. The number of pyridine rings is 1. The van der Waals surface area contributed by atoms with Gasteiger partial charge in [-0.2, -0.15) is 0 Å². The Morgan fingerprint density at radius 1 is 1.14 bits per heavy atom. The molecule has 37 heavy (non-hydrogen) atoms. The van der Waals surface area contributed by atoms with Crippen LogP contribution in [0.4, 0.5) is 0 Å². The minimum atomic E-state index is -0.755. The molecule has 6 rings (SSSR count). The predicted molar refractivity (Wildman–Crippen MR) is 146 cm³/mol. The van der Waals surface area contributed by atoms with E-state index < -0.39 is 6.10 Å². The molecule has 3 heterocycles. The fourth-order valence-electron chi connectivity index (χ4n) is 5.32. The van der Waals surface area contributed by atoms with Gasteiger partial charge in [0.05, 0.1) is 41.6 Å². The summed E-state index contributed by atoms with van der Waals surface area (Å²) in [6.07, 6.45) is 7.53. The highest BCUT2D eigenvalue weighted by Crippen LogP contribution is 2.44. The summed E-state index contributed by atoms with van der Waals surface area (Å²) in [5.74, 6) is 0.528. The number of nitrogens with zero attached hydrogens (tertiary/aromatic N) is 3. The topological polar surface area (TPSA) is 76.0 Å². The molecule has 0 saturated heterocycles. The molecule has 2 aromatic carbocycles. The van der Waals surface area contributed by atoms with Crippen molar-refractivity contribution in [3.63, 3.8) is 0 Å². The molecule has 3 aromatic heterocycles. The molecule has 0 spiro atoms. The quantitative estimate of drug-likeness (QED) is 0.240. The number of aliphatic hydroxyl groups is 1. The molecule has 5 aromatic rings. The highest BCUT2D eigenvalue weighted by atomic mass is 35.5. The highest BCUT2D eigenvalue weighted by molar-refractivity contribution is 6.34. The van der Waals surface area contributed by atoms with Gasteiger partial charge in [0.2, 0.25) is 5.88 Å². The van der Waals surface area contributed by atoms with Crippen LogP contribution < -0.4 is 4.74 Å². The van der Waals surface area contributed by atoms with Crippen LogP contribution >= 0.6 is 23.2 Å². The molecular weight excluding hydrogens is 507 g/mol. The Kier molecular flexibility index (Phi) is 6.41. The largest absolute Gasteiger partial charge is 0.473 e. The fraction of sp³-hybridized carbons (Fsp3) is 0.241. The third kappa shape index (κ3) is 4.39. The SMILES string of the molecule is CC(O)c1ncn(C2CCCc3c(Cl)ccc(Cl)c32)c1-c1c[nH]c2cnc(OCc3ccccc3)cc12. The third-order valence-corrected chi connectivity index (χ3v) is 7.75. The second-order valence-corrected chi connectivity index (χ2v) is 10.3. The molecule has 0 fully saturated rings. The van der Waals surface area contributed by atoms with Crippen molar-refractivity contribution in [2.45, 2.75) is 44.9 Å². The number of H-pyrrole nitrogens is 1. The van der Waals surface area contributed by atoms with Gasteiger partial charge in [0.25, 0.3) is 0 Å². The van der Waals surface area contributed by atoms with Gasteiger partial charge in [-0.3, -0.25) is 0 Å². The molecule has 1 aliphatic rings. The fourth-order valence-corrected chi connectivity index (χ4v) is 5.88. The molecule has 2 N–H and O–H groups in total. The van der Waals surface area contributed by atoms with Gasteiger partial charge >= 0.3 is 0 Å². The minimum absolute atomic E-state index is 0.0504. The lowest BCUT2D eigenvalue weighted by atomic mass is 9.87. The highest BCUT2D eigenvalue weighted by Gasteiger charge is 2.30. The van der Waals surface area contributed by atoms with Crippen LogP contribution in [0.3, 0.4) is 0 Å². The van der Waals surface area contributed by atoms with E-state index in [1.807, 2.05) is 54.7 Å². The van der Waals surface area contributed by atoms with Crippen LogP contribution in [0.2, 0.25) is 10.0 Å². The van der Waals surface area contributed by atoms with Crippen LogP contribution in [0.15, 0.2) is 67.3 Å². The van der Waals surface area contributed by atoms with Crippen molar-refractivity contribution in [1.82, 2.24) is 19.5 Å². The lowest BCUT2D eigenvalue weighted by molar-refractivity contribution is 0.195. The molecule has 0 saturated carbocycles. The number of aromatic nitrogens is 4. The number of hydrogen-bond acceptors (Lipinski definition) is 4. The number of aromatic amines is 1. The van der Waals surface area contributed by atoms with Crippen molar-refractivity contribution in [3.05, 3.63) is 99.7 Å². The third-order valence-electron chi connectivity index (χ3n) is 7.06. The first kappa shape index (κ1) is 24.0. The maximum atomic E-state index is 10.7. The monoisotopic (exact) mass is 532 g/mol. The van der Waals surface area contributed by atoms with Crippen LogP contribution in [0.5, 0.6) is 5.88 Å².